The van der Waals surface area contributed by atoms with Crippen LogP contribution in [-0.4, -0.2) is 90.6 Å². The lowest BCUT2D eigenvalue weighted by atomic mass is 9.62. The molecule has 0 radical (unpaired) electrons. The first kappa shape index (κ1) is 36.9. The average Bonchev–Trinajstić information content (AvgIpc) is 2.83. The van der Waals surface area contributed by atoms with E-state index in [0.717, 1.165) is 52.4 Å². The minimum atomic E-state index is 0.0516. The zero-order valence-electron chi connectivity index (χ0n) is 32.3. The van der Waals surface area contributed by atoms with Crippen LogP contribution in [0.3, 0.4) is 0 Å². The highest BCUT2D eigenvalue weighted by molar-refractivity contribution is 5.15. The Balaban J connectivity index is 2.24. The molecule has 2 saturated heterocycles. The van der Waals surface area contributed by atoms with E-state index in [4.69, 9.17) is 0 Å². The second-order valence-electron chi connectivity index (χ2n) is 19.6. The van der Waals surface area contributed by atoms with Crippen LogP contribution in [0.2, 0.25) is 0 Å². The van der Waals surface area contributed by atoms with Gasteiger partial charge >= 0.3 is 0 Å². The largest absolute Gasteiger partial charge is 0.376 e. The molecular formula is C39H76N4. The lowest BCUT2D eigenvalue weighted by Crippen LogP contribution is -2.63. The SMILES string of the molecule is CCC1C(C)=CN2CC1(C)C(C)CN1CCN(CC(C)(C)C(C)(C)C2)C(C)(C)C(C)(C)CN(CC)CC(C)(C)C(C)(C)C1. The second-order valence-corrected chi connectivity index (χ2v) is 19.6. The summed E-state index contributed by atoms with van der Waals surface area (Å²) in [5, 5.41) is 0. The first-order chi connectivity index (χ1) is 19.4. The Morgan fingerprint density at radius 1 is 0.651 bits per heavy atom. The van der Waals surface area contributed by atoms with E-state index >= 15 is 0 Å². The van der Waals surface area contributed by atoms with Crippen molar-refractivity contribution in [1.82, 2.24) is 19.6 Å². The zero-order chi connectivity index (χ0) is 33.0. The lowest BCUT2D eigenvalue weighted by molar-refractivity contribution is -0.0724. The molecule has 5 unspecified atom stereocenters. The van der Waals surface area contributed by atoms with Crippen LogP contribution >= 0.6 is 0 Å². The van der Waals surface area contributed by atoms with Crippen molar-refractivity contribution >= 4 is 0 Å². The monoisotopic (exact) mass is 601 g/mol. The number of allylic oxidation sites excluding steroid dienone is 1. The van der Waals surface area contributed by atoms with E-state index < -0.39 is 0 Å². The quantitative estimate of drug-likeness (QED) is 0.314. The maximum Gasteiger partial charge on any atom is 0.0235 e. The van der Waals surface area contributed by atoms with Gasteiger partial charge in [-0.2, -0.15) is 0 Å². The minimum Gasteiger partial charge on any atom is -0.376 e. The van der Waals surface area contributed by atoms with Gasteiger partial charge in [-0.1, -0.05) is 103 Å². The Hall–Kier alpha value is -0.580. The molecule has 0 aromatic heterocycles. The highest BCUT2D eigenvalue weighted by Crippen LogP contribution is 2.50. The molecule has 5 atom stereocenters. The molecule has 0 N–H and O–H groups in total. The number of hydrogen-bond acceptors (Lipinski definition) is 4. The van der Waals surface area contributed by atoms with Gasteiger partial charge in [0.1, 0.15) is 0 Å². The third-order valence-electron chi connectivity index (χ3n) is 14.6. The number of hydrogen-bond donors (Lipinski definition) is 0. The van der Waals surface area contributed by atoms with Crippen LogP contribution in [0, 0.1) is 44.3 Å². The van der Waals surface area contributed by atoms with Crippen molar-refractivity contribution in [3.8, 4) is 0 Å². The third kappa shape index (κ3) is 7.07. The van der Waals surface area contributed by atoms with E-state index in [1.54, 1.807) is 5.57 Å². The van der Waals surface area contributed by atoms with Gasteiger partial charge in [0.25, 0.3) is 0 Å². The molecule has 3 aliphatic heterocycles. The van der Waals surface area contributed by atoms with Gasteiger partial charge in [0.05, 0.1) is 0 Å². The van der Waals surface area contributed by atoms with Crippen molar-refractivity contribution in [1.29, 1.82) is 0 Å². The Kier molecular flexibility index (Phi) is 10.5. The zero-order valence-corrected chi connectivity index (χ0v) is 32.3. The van der Waals surface area contributed by atoms with Crippen LogP contribution in [0.1, 0.15) is 124 Å². The van der Waals surface area contributed by atoms with Crippen LogP contribution in [0.4, 0.5) is 0 Å². The van der Waals surface area contributed by atoms with E-state index in [0.29, 0.717) is 11.8 Å². The van der Waals surface area contributed by atoms with Crippen molar-refractivity contribution < 1.29 is 0 Å². The summed E-state index contributed by atoms with van der Waals surface area (Å²) in [6.07, 6.45) is 3.78. The van der Waals surface area contributed by atoms with Crippen molar-refractivity contribution in [2.24, 2.45) is 44.3 Å². The molecule has 4 nitrogen and oxygen atoms in total. The summed E-state index contributed by atoms with van der Waals surface area (Å²) in [6, 6.07) is 0. The molecule has 0 aromatic rings. The number of nitrogens with zero attached hydrogens (tertiary/aromatic N) is 4. The summed E-state index contributed by atoms with van der Waals surface area (Å²) < 4.78 is 0. The molecule has 0 aromatic carbocycles. The summed E-state index contributed by atoms with van der Waals surface area (Å²) in [5.41, 5.74) is 2.74. The van der Waals surface area contributed by atoms with E-state index in [-0.39, 0.29) is 38.0 Å². The van der Waals surface area contributed by atoms with Crippen molar-refractivity contribution in [2.45, 2.75) is 130 Å². The standard InChI is InChI=1S/C39H76N4/c1-18-32-30(3)22-42-26-35(9,10)36(11,12)28-43-21-20-41(23-31(4)39(32,17)29-42)25-34(7,8)33(5,6)24-40(19-2)27-37(13,14)38(43,15)16/h22,31-32H,18-21,23-29H2,1-17H3. The van der Waals surface area contributed by atoms with Crippen LogP contribution < -0.4 is 0 Å². The van der Waals surface area contributed by atoms with Crippen LogP contribution in [0.25, 0.3) is 0 Å². The normalized spacial score (nSPS) is 38.0. The van der Waals surface area contributed by atoms with E-state index in [2.05, 4.69) is 144 Å². The summed E-state index contributed by atoms with van der Waals surface area (Å²) >= 11 is 0. The molecule has 3 heterocycles. The van der Waals surface area contributed by atoms with E-state index in [9.17, 15) is 0 Å². The Bertz CT molecular complexity index is 985. The summed E-state index contributed by atoms with van der Waals surface area (Å²) in [6.45, 7) is 54.5. The van der Waals surface area contributed by atoms with Gasteiger partial charge in [-0.15, -0.1) is 0 Å². The maximum atomic E-state index is 2.93. The molecule has 43 heavy (non-hydrogen) atoms. The van der Waals surface area contributed by atoms with Crippen molar-refractivity contribution in [2.75, 3.05) is 65.4 Å². The predicted octanol–water partition coefficient (Wildman–Crippen LogP) is 8.74. The first-order valence-corrected chi connectivity index (χ1v) is 18.0. The Labute approximate surface area is 270 Å². The van der Waals surface area contributed by atoms with Gasteiger partial charge in [0.15, 0.2) is 0 Å². The minimum absolute atomic E-state index is 0.0516. The fourth-order valence-corrected chi connectivity index (χ4v) is 8.95. The molecule has 0 spiro atoms. The van der Waals surface area contributed by atoms with Gasteiger partial charge in [-0.05, 0) is 84.3 Å². The summed E-state index contributed by atoms with van der Waals surface area (Å²) in [5.74, 6) is 1.25. The van der Waals surface area contributed by atoms with Gasteiger partial charge < -0.3 is 14.7 Å². The second kappa shape index (κ2) is 12.2. The fraction of sp³-hybridized carbons (Fsp3) is 0.949. The summed E-state index contributed by atoms with van der Waals surface area (Å²) in [7, 11) is 0. The van der Waals surface area contributed by atoms with Gasteiger partial charge in [0, 0.05) is 64.4 Å². The highest BCUT2D eigenvalue weighted by Gasteiger charge is 2.51. The van der Waals surface area contributed by atoms with Gasteiger partial charge in [-0.3, -0.25) is 4.90 Å². The molecule has 252 valence electrons. The topological polar surface area (TPSA) is 13.0 Å². The van der Waals surface area contributed by atoms with Crippen molar-refractivity contribution in [3.05, 3.63) is 11.8 Å². The molecule has 3 rings (SSSR count). The van der Waals surface area contributed by atoms with Crippen LogP contribution in [0.5, 0.6) is 0 Å². The van der Waals surface area contributed by atoms with E-state index in [1.807, 2.05) is 0 Å². The van der Waals surface area contributed by atoms with Gasteiger partial charge in [-0.25, -0.2) is 0 Å². The van der Waals surface area contributed by atoms with Crippen LogP contribution in [-0.2, 0) is 0 Å². The molecule has 2 fully saturated rings. The smallest absolute Gasteiger partial charge is 0.0235 e. The maximum absolute atomic E-state index is 2.93. The predicted molar refractivity (Wildman–Crippen MR) is 189 cm³/mol. The molecular weight excluding hydrogens is 524 g/mol. The molecule has 0 aliphatic carbocycles. The highest BCUT2D eigenvalue weighted by atomic mass is 15.3. The third-order valence-corrected chi connectivity index (χ3v) is 14.6. The van der Waals surface area contributed by atoms with Crippen molar-refractivity contribution in [3.63, 3.8) is 0 Å². The lowest BCUT2D eigenvalue weighted by Gasteiger charge is -2.57. The Morgan fingerprint density at radius 3 is 1.72 bits per heavy atom. The molecule has 0 amide bonds. The number of fused-ring (bicyclic) bond motifs is 5. The summed E-state index contributed by atoms with van der Waals surface area (Å²) in [4.78, 5) is 11.3. The van der Waals surface area contributed by atoms with E-state index in [1.165, 1.54) is 19.5 Å². The number of rotatable bonds is 2. The van der Waals surface area contributed by atoms with Crippen LogP contribution in [0.15, 0.2) is 11.8 Å². The molecule has 4 bridgehead atoms. The fourth-order valence-electron chi connectivity index (χ4n) is 8.95. The average molecular weight is 601 g/mol. The van der Waals surface area contributed by atoms with Gasteiger partial charge in [0.2, 0.25) is 0 Å². The Morgan fingerprint density at radius 2 is 1.16 bits per heavy atom. The molecule has 4 heteroatoms. The first-order valence-electron chi connectivity index (χ1n) is 18.0. The molecule has 0 saturated carbocycles. The molecule has 3 aliphatic rings.